The van der Waals surface area contributed by atoms with Crippen LogP contribution in [0.15, 0.2) is 46.2 Å². The summed E-state index contributed by atoms with van der Waals surface area (Å²) in [7, 11) is 0. The molecule has 2 rings (SSSR count). The molecule has 2 N–H and O–H groups in total. The number of Topliss-reactive ketones (excluding diaryl/α,β-unsaturated/α-hetero) is 2. The lowest BCUT2D eigenvalue weighted by atomic mass is 10.1. The predicted molar refractivity (Wildman–Crippen MR) is 118 cm³/mol. The number of ketones is 2. The van der Waals surface area contributed by atoms with Crippen molar-refractivity contribution >= 4 is 35.1 Å². The Bertz CT molecular complexity index is 736. The summed E-state index contributed by atoms with van der Waals surface area (Å²) >= 11 is 3.37. The Morgan fingerprint density at radius 3 is 1.36 bits per heavy atom. The van der Waals surface area contributed by atoms with Gasteiger partial charge in [-0.3, -0.25) is 9.59 Å². The minimum Gasteiger partial charge on any atom is -0.507 e. The number of thioether (sulfide) groups is 2. The number of benzene rings is 2. The summed E-state index contributed by atoms with van der Waals surface area (Å²) in [4.78, 5) is 24.1. The lowest BCUT2D eigenvalue weighted by Gasteiger charge is -2.03. The average molecular weight is 421 g/mol. The molecular weight excluding hydrogens is 392 g/mol. The van der Waals surface area contributed by atoms with Crippen LogP contribution in [0.4, 0.5) is 0 Å². The fourth-order valence-electron chi connectivity index (χ4n) is 2.24. The smallest absolute Gasteiger partial charge is 0.163 e. The molecule has 0 aliphatic carbocycles. The summed E-state index contributed by atoms with van der Waals surface area (Å²) < 4.78 is 0. The fraction of sp³-hybridized carbons (Fsp3) is 0.364. The van der Waals surface area contributed by atoms with Crippen LogP contribution in [0.2, 0.25) is 0 Å². The lowest BCUT2D eigenvalue weighted by molar-refractivity contribution is 0.100. The van der Waals surface area contributed by atoms with Crippen molar-refractivity contribution in [2.75, 3.05) is 11.5 Å². The third kappa shape index (κ3) is 7.98. The highest BCUT2D eigenvalue weighted by molar-refractivity contribution is 7.99. The van der Waals surface area contributed by atoms with Gasteiger partial charge in [0, 0.05) is 9.79 Å². The fourth-order valence-corrected chi connectivity index (χ4v) is 3.84. The maximum Gasteiger partial charge on any atom is 0.163 e. The van der Waals surface area contributed by atoms with Gasteiger partial charge in [0.25, 0.3) is 0 Å². The van der Waals surface area contributed by atoms with Crippen LogP contribution >= 0.6 is 23.5 Å². The van der Waals surface area contributed by atoms with Crippen molar-refractivity contribution in [1.82, 2.24) is 0 Å². The van der Waals surface area contributed by atoms with Crippen molar-refractivity contribution in [3.8, 4) is 11.5 Å². The Kier molecular flexibility index (Phi) is 10.8. The van der Waals surface area contributed by atoms with Gasteiger partial charge in [-0.1, -0.05) is 13.8 Å². The van der Waals surface area contributed by atoms with Crippen molar-refractivity contribution in [2.45, 2.75) is 50.3 Å². The Labute approximate surface area is 175 Å². The first kappa shape index (κ1) is 24.1. The maximum absolute atomic E-state index is 11.0. The molecule has 0 radical (unpaired) electrons. The number of hydrogen-bond acceptors (Lipinski definition) is 6. The normalized spacial score (nSPS) is 10.1. The number of aromatic hydroxyl groups is 2. The average Bonchev–Trinajstić information content (AvgIpc) is 2.64. The lowest BCUT2D eigenvalue weighted by Crippen LogP contribution is -1.92. The van der Waals surface area contributed by atoms with Gasteiger partial charge in [-0.25, -0.2) is 0 Å². The second-order valence-electron chi connectivity index (χ2n) is 6.17. The van der Waals surface area contributed by atoms with Crippen molar-refractivity contribution in [1.29, 1.82) is 0 Å². The van der Waals surface area contributed by atoms with E-state index in [9.17, 15) is 19.8 Å². The molecule has 4 nitrogen and oxygen atoms in total. The monoisotopic (exact) mass is 420 g/mol. The van der Waals surface area contributed by atoms with E-state index in [2.05, 4.69) is 13.8 Å². The molecule has 2 aromatic rings. The molecule has 0 atom stereocenters. The number of hydrogen-bond donors (Lipinski definition) is 2. The standard InChI is InChI=1S/2C11H14O2S/c2*1-3-6-14-9-4-5-10(8(2)12)11(13)7-9/h2*4-5,7,13H,3,6H2,1-2H3. The summed E-state index contributed by atoms with van der Waals surface area (Å²) in [6.07, 6.45) is 2.19. The topological polar surface area (TPSA) is 74.6 Å². The number of phenolic OH excluding ortho intramolecular Hbond substituents is 2. The van der Waals surface area contributed by atoms with Gasteiger partial charge in [-0.15, -0.1) is 23.5 Å². The van der Waals surface area contributed by atoms with E-state index in [0.29, 0.717) is 11.1 Å². The number of carbonyl (C=O) groups excluding carboxylic acids is 2. The van der Waals surface area contributed by atoms with E-state index in [-0.39, 0.29) is 23.1 Å². The van der Waals surface area contributed by atoms with E-state index in [4.69, 9.17) is 0 Å². The second kappa shape index (κ2) is 12.5. The molecule has 152 valence electrons. The van der Waals surface area contributed by atoms with E-state index in [0.717, 1.165) is 34.1 Å². The first-order valence-corrected chi connectivity index (χ1v) is 11.2. The molecule has 0 amide bonds. The van der Waals surface area contributed by atoms with Crippen molar-refractivity contribution in [2.24, 2.45) is 0 Å². The Hall–Kier alpha value is -1.92. The molecule has 6 heteroatoms. The van der Waals surface area contributed by atoms with Crippen molar-refractivity contribution in [3.05, 3.63) is 47.5 Å². The highest BCUT2D eigenvalue weighted by Gasteiger charge is 2.07. The Morgan fingerprint density at radius 2 is 1.11 bits per heavy atom. The van der Waals surface area contributed by atoms with Crippen LogP contribution in [-0.2, 0) is 0 Å². The zero-order valence-corrected chi connectivity index (χ0v) is 18.5. The van der Waals surface area contributed by atoms with Gasteiger partial charge in [0.15, 0.2) is 11.6 Å². The predicted octanol–water partition coefficient (Wildman–Crippen LogP) is 6.19. The van der Waals surface area contributed by atoms with E-state index >= 15 is 0 Å². The van der Waals surface area contributed by atoms with E-state index < -0.39 is 0 Å². The molecule has 0 aromatic heterocycles. The van der Waals surface area contributed by atoms with Crippen molar-refractivity contribution < 1.29 is 19.8 Å². The van der Waals surface area contributed by atoms with E-state index in [1.54, 1.807) is 47.8 Å². The van der Waals surface area contributed by atoms with Gasteiger partial charge in [-0.2, -0.15) is 0 Å². The summed E-state index contributed by atoms with van der Waals surface area (Å²) in [5, 5.41) is 19.1. The van der Waals surface area contributed by atoms with Crippen molar-refractivity contribution in [3.63, 3.8) is 0 Å². The summed E-state index contributed by atoms with van der Waals surface area (Å²) in [6, 6.07) is 10.4. The molecule has 0 fully saturated rings. The van der Waals surface area contributed by atoms with Crippen LogP contribution in [0.3, 0.4) is 0 Å². The number of phenols is 2. The first-order chi connectivity index (χ1) is 13.3. The Morgan fingerprint density at radius 1 is 0.750 bits per heavy atom. The molecular formula is C22H28O4S2. The molecule has 0 spiro atoms. The molecule has 0 unspecified atom stereocenters. The van der Waals surface area contributed by atoms with Crippen LogP contribution in [0.5, 0.6) is 11.5 Å². The molecule has 28 heavy (non-hydrogen) atoms. The van der Waals surface area contributed by atoms with Gasteiger partial charge in [-0.05, 0) is 74.6 Å². The molecule has 0 aliphatic rings. The van der Waals surface area contributed by atoms with Crippen LogP contribution in [0.1, 0.15) is 61.3 Å². The van der Waals surface area contributed by atoms with Crippen LogP contribution < -0.4 is 0 Å². The van der Waals surface area contributed by atoms with Gasteiger partial charge < -0.3 is 10.2 Å². The molecule has 0 saturated heterocycles. The zero-order valence-electron chi connectivity index (χ0n) is 16.8. The first-order valence-electron chi connectivity index (χ1n) is 9.23. The third-order valence-corrected chi connectivity index (χ3v) is 6.04. The van der Waals surface area contributed by atoms with Crippen LogP contribution in [0, 0.1) is 0 Å². The van der Waals surface area contributed by atoms with Gasteiger partial charge >= 0.3 is 0 Å². The SMILES string of the molecule is CCCSc1ccc(C(C)=O)c(O)c1.CCCSc1ccc(C(C)=O)c(O)c1. The molecule has 0 heterocycles. The minimum absolute atomic E-state index is 0.0820. The molecule has 0 aliphatic heterocycles. The number of rotatable bonds is 8. The molecule has 0 bridgehead atoms. The summed E-state index contributed by atoms with van der Waals surface area (Å²) in [5.41, 5.74) is 0.789. The van der Waals surface area contributed by atoms with Gasteiger partial charge in [0.1, 0.15) is 11.5 Å². The second-order valence-corrected chi connectivity index (χ2v) is 8.50. The molecule has 0 saturated carbocycles. The summed E-state index contributed by atoms with van der Waals surface area (Å²) in [5.74, 6) is 2.01. The minimum atomic E-state index is -0.102. The van der Waals surface area contributed by atoms with E-state index in [1.165, 1.54) is 13.8 Å². The van der Waals surface area contributed by atoms with Crippen LogP contribution in [0.25, 0.3) is 0 Å². The quantitative estimate of drug-likeness (QED) is 0.391. The summed E-state index contributed by atoms with van der Waals surface area (Å²) in [6.45, 7) is 7.12. The van der Waals surface area contributed by atoms with E-state index in [1.807, 2.05) is 12.1 Å². The van der Waals surface area contributed by atoms with Crippen LogP contribution in [-0.4, -0.2) is 33.3 Å². The van der Waals surface area contributed by atoms with Gasteiger partial charge in [0.2, 0.25) is 0 Å². The highest BCUT2D eigenvalue weighted by atomic mass is 32.2. The molecule has 2 aromatic carbocycles. The zero-order chi connectivity index (χ0) is 21.1. The Balaban J connectivity index is 0.000000280. The number of carbonyl (C=O) groups is 2. The van der Waals surface area contributed by atoms with Gasteiger partial charge in [0.05, 0.1) is 11.1 Å². The highest BCUT2D eigenvalue weighted by Crippen LogP contribution is 2.27. The maximum atomic E-state index is 11.0. The third-order valence-electron chi connectivity index (χ3n) is 3.64. The largest absolute Gasteiger partial charge is 0.507 e.